The number of nitrogens with zero attached hydrogens (tertiary/aromatic N) is 3. The summed E-state index contributed by atoms with van der Waals surface area (Å²) < 4.78 is 0. The second kappa shape index (κ2) is 12.1. The van der Waals surface area contributed by atoms with Crippen molar-refractivity contribution >= 4 is 86.5 Å². The second-order valence-corrected chi connectivity index (χ2v) is 16.3. The molecule has 0 unspecified atom stereocenters. The van der Waals surface area contributed by atoms with Gasteiger partial charge in [-0.05, 0) is 110 Å². The lowest BCUT2D eigenvalue weighted by atomic mass is 9.93. The van der Waals surface area contributed by atoms with E-state index in [1.54, 1.807) is 0 Å². The van der Waals surface area contributed by atoms with Crippen molar-refractivity contribution in [3.63, 3.8) is 0 Å². The predicted octanol–water partition coefficient (Wildman–Crippen LogP) is 14.4. The minimum absolute atomic E-state index is 1.21. The zero-order chi connectivity index (χ0) is 34.2. The van der Waals surface area contributed by atoms with Crippen LogP contribution in [0.15, 0.2) is 175 Å². The first kappa shape index (κ1) is 30.8. The molecule has 7 aromatic carbocycles. The number of benzene rings is 7. The zero-order valence-electron chi connectivity index (χ0n) is 28.4. The van der Waals surface area contributed by atoms with Crippen LogP contribution in [0.4, 0.5) is 51.2 Å². The molecule has 6 heteroatoms. The van der Waals surface area contributed by atoms with Gasteiger partial charge in [0, 0.05) is 29.4 Å². The lowest BCUT2D eigenvalue weighted by Gasteiger charge is -2.42. The average molecular weight is 712 g/mol. The SMILES string of the molecule is Cc1c(N2c3ccccc3Sc3ccccc32)c(C)c(N2c3ccccc3Sc3ccccc32)c(C)c1N1c2ccccc2Sc2ccccc21. The Bertz CT molecular complexity index is 2110. The monoisotopic (exact) mass is 711 g/mol. The third kappa shape index (κ3) is 4.70. The molecule has 10 rings (SSSR count). The van der Waals surface area contributed by atoms with Crippen molar-refractivity contribution in [1.82, 2.24) is 0 Å². The Balaban J connectivity index is 1.35. The molecule has 3 aliphatic rings. The van der Waals surface area contributed by atoms with Crippen LogP contribution in [0.5, 0.6) is 0 Å². The van der Waals surface area contributed by atoms with Gasteiger partial charge in [-0.1, -0.05) is 108 Å². The zero-order valence-corrected chi connectivity index (χ0v) is 30.9. The van der Waals surface area contributed by atoms with E-state index < -0.39 is 0 Å². The Labute approximate surface area is 312 Å². The second-order valence-electron chi connectivity index (χ2n) is 13.0. The summed E-state index contributed by atoms with van der Waals surface area (Å²) in [6.07, 6.45) is 0. The van der Waals surface area contributed by atoms with Crippen LogP contribution >= 0.6 is 35.3 Å². The number of hydrogen-bond donors (Lipinski definition) is 0. The van der Waals surface area contributed by atoms with Crippen LogP contribution in [0.1, 0.15) is 16.7 Å². The molecule has 3 nitrogen and oxygen atoms in total. The highest BCUT2D eigenvalue weighted by Gasteiger charge is 2.36. The maximum Gasteiger partial charge on any atom is 0.0601 e. The van der Waals surface area contributed by atoms with Gasteiger partial charge >= 0.3 is 0 Å². The minimum Gasteiger partial charge on any atom is -0.308 e. The van der Waals surface area contributed by atoms with E-state index in [2.05, 4.69) is 181 Å². The van der Waals surface area contributed by atoms with Gasteiger partial charge in [0.25, 0.3) is 0 Å². The fourth-order valence-electron chi connectivity index (χ4n) is 8.02. The summed E-state index contributed by atoms with van der Waals surface area (Å²) in [6, 6.07) is 53.2. The summed E-state index contributed by atoms with van der Waals surface area (Å²) >= 11 is 5.57. The standard InChI is InChI=1S/C45H33N3S3/c1-28-43(46-31-16-4-10-22-37(31)49-38-23-11-5-17-32(38)46)29(2)45(48-35-20-8-14-26-41(35)51-42-27-15-9-21-36(42)48)30(3)44(28)47-33-18-6-12-24-39(33)50-40-25-13-7-19-34(40)47/h4-27H,1-3H3. The van der Waals surface area contributed by atoms with Gasteiger partial charge in [0.05, 0.1) is 51.2 Å². The highest BCUT2D eigenvalue weighted by atomic mass is 32.2. The van der Waals surface area contributed by atoms with Crippen LogP contribution in [-0.2, 0) is 0 Å². The Morgan fingerprint density at radius 1 is 0.275 bits per heavy atom. The highest BCUT2D eigenvalue weighted by molar-refractivity contribution is 8.00. The van der Waals surface area contributed by atoms with Crippen LogP contribution < -0.4 is 14.7 Å². The molecule has 0 bridgehead atoms. The van der Waals surface area contributed by atoms with Gasteiger partial charge in [-0.15, -0.1) is 0 Å². The average Bonchev–Trinajstić information content (AvgIpc) is 3.17. The van der Waals surface area contributed by atoms with Crippen molar-refractivity contribution in [3.8, 4) is 0 Å². The normalized spacial score (nSPS) is 13.8. The van der Waals surface area contributed by atoms with Gasteiger partial charge in [-0.25, -0.2) is 0 Å². The molecule has 0 N–H and O–H groups in total. The van der Waals surface area contributed by atoms with Gasteiger partial charge in [0.1, 0.15) is 0 Å². The van der Waals surface area contributed by atoms with E-state index in [0.717, 1.165) is 0 Å². The largest absolute Gasteiger partial charge is 0.308 e. The number of rotatable bonds is 3. The van der Waals surface area contributed by atoms with E-state index in [-0.39, 0.29) is 0 Å². The molecular formula is C45H33N3S3. The van der Waals surface area contributed by atoms with Crippen LogP contribution in [0.25, 0.3) is 0 Å². The molecule has 0 aliphatic carbocycles. The number of para-hydroxylation sites is 6. The Morgan fingerprint density at radius 2 is 0.451 bits per heavy atom. The number of fused-ring (bicyclic) bond motifs is 6. The fourth-order valence-corrected chi connectivity index (χ4v) is 11.2. The van der Waals surface area contributed by atoms with Crippen molar-refractivity contribution in [1.29, 1.82) is 0 Å². The summed E-state index contributed by atoms with van der Waals surface area (Å²) in [5.74, 6) is 0. The predicted molar refractivity (Wildman–Crippen MR) is 217 cm³/mol. The summed E-state index contributed by atoms with van der Waals surface area (Å²) in [4.78, 5) is 15.1. The quantitative estimate of drug-likeness (QED) is 0.179. The smallest absolute Gasteiger partial charge is 0.0601 e. The molecule has 51 heavy (non-hydrogen) atoms. The number of hydrogen-bond acceptors (Lipinski definition) is 6. The molecule has 0 spiro atoms. The van der Waals surface area contributed by atoms with E-state index in [0.29, 0.717) is 0 Å². The molecule has 0 aromatic heterocycles. The van der Waals surface area contributed by atoms with Gasteiger partial charge in [-0.2, -0.15) is 0 Å². The van der Waals surface area contributed by atoms with Crippen molar-refractivity contribution in [2.75, 3.05) is 14.7 Å². The molecule has 7 aromatic rings. The Kier molecular flexibility index (Phi) is 7.28. The first-order valence-electron chi connectivity index (χ1n) is 17.2. The van der Waals surface area contributed by atoms with E-state index >= 15 is 0 Å². The maximum absolute atomic E-state index is 2.53. The number of anilines is 9. The van der Waals surface area contributed by atoms with E-state index in [9.17, 15) is 0 Å². The van der Waals surface area contributed by atoms with E-state index in [1.165, 1.54) is 97.2 Å². The van der Waals surface area contributed by atoms with E-state index in [1.807, 2.05) is 35.3 Å². The molecule has 0 saturated carbocycles. The first-order chi connectivity index (χ1) is 25.1. The van der Waals surface area contributed by atoms with Crippen LogP contribution in [0.3, 0.4) is 0 Å². The van der Waals surface area contributed by atoms with Crippen molar-refractivity contribution in [2.24, 2.45) is 0 Å². The van der Waals surface area contributed by atoms with Gasteiger partial charge in [-0.3, -0.25) is 0 Å². The van der Waals surface area contributed by atoms with Crippen molar-refractivity contribution in [2.45, 2.75) is 50.1 Å². The summed E-state index contributed by atoms with van der Waals surface area (Å²) in [5.41, 5.74) is 14.6. The molecule has 0 amide bonds. The minimum atomic E-state index is 1.21. The third-order valence-corrected chi connectivity index (χ3v) is 13.5. The van der Waals surface area contributed by atoms with E-state index in [4.69, 9.17) is 0 Å². The highest BCUT2D eigenvalue weighted by Crippen LogP contribution is 2.61. The molecule has 3 aliphatic heterocycles. The molecule has 0 radical (unpaired) electrons. The Morgan fingerprint density at radius 3 is 0.647 bits per heavy atom. The van der Waals surface area contributed by atoms with Crippen molar-refractivity contribution < 1.29 is 0 Å². The molecule has 3 heterocycles. The lowest BCUT2D eigenvalue weighted by Crippen LogP contribution is -2.24. The molecule has 0 atom stereocenters. The summed E-state index contributed by atoms with van der Waals surface area (Å²) in [5, 5.41) is 0. The van der Waals surface area contributed by atoms with Crippen LogP contribution in [-0.4, -0.2) is 0 Å². The summed E-state index contributed by atoms with van der Waals surface area (Å²) in [6.45, 7) is 7.01. The van der Waals surface area contributed by atoms with Crippen LogP contribution in [0, 0.1) is 20.8 Å². The van der Waals surface area contributed by atoms with Crippen molar-refractivity contribution in [3.05, 3.63) is 162 Å². The molecule has 0 saturated heterocycles. The lowest BCUT2D eigenvalue weighted by molar-refractivity contribution is 1.08. The topological polar surface area (TPSA) is 9.72 Å². The molecule has 246 valence electrons. The third-order valence-electron chi connectivity index (χ3n) is 10.1. The Hall–Kier alpha value is -5.01. The molecular weight excluding hydrogens is 679 g/mol. The first-order valence-corrected chi connectivity index (χ1v) is 19.7. The van der Waals surface area contributed by atoms with Gasteiger partial charge < -0.3 is 14.7 Å². The van der Waals surface area contributed by atoms with Gasteiger partial charge in [0.2, 0.25) is 0 Å². The fraction of sp³-hybridized carbons (Fsp3) is 0.0667. The van der Waals surface area contributed by atoms with Crippen LogP contribution in [0.2, 0.25) is 0 Å². The maximum atomic E-state index is 2.53. The van der Waals surface area contributed by atoms with Gasteiger partial charge in [0.15, 0.2) is 0 Å². The molecule has 0 fully saturated rings. The summed E-state index contributed by atoms with van der Waals surface area (Å²) in [7, 11) is 0.